The second kappa shape index (κ2) is 6.53. The van der Waals surface area contributed by atoms with Crippen LogP contribution in [0.3, 0.4) is 0 Å². The first-order valence-electron chi connectivity index (χ1n) is 5.52. The number of nitro groups is 1. The Hall–Kier alpha value is 0.625. The van der Waals surface area contributed by atoms with Crippen molar-refractivity contribution in [2.24, 2.45) is 11.3 Å². The second-order valence-corrected chi connectivity index (χ2v) is 5.62. The van der Waals surface area contributed by atoms with E-state index in [1.807, 2.05) is 0 Å². The van der Waals surface area contributed by atoms with Crippen LogP contribution in [0.4, 0.5) is 0 Å². The Labute approximate surface area is 118 Å². The minimum atomic E-state index is -0.901. The molecule has 0 amide bonds. The van der Waals surface area contributed by atoms with E-state index in [9.17, 15) is 10.1 Å². The van der Waals surface area contributed by atoms with Gasteiger partial charge in [-0.05, 0) is 41.9 Å². The van der Waals surface area contributed by atoms with Gasteiger partial charge in [-0.25, -0.2) is 0 Å². The van der Waals surface area contributed by atoms with Gasteiger partial charge in [0.05, 0.1) is 0 Å². The monoisotopic (exact) mass is 435 g/mol. The second-order valence-electron chi connectivity index (χ2n) is 5.62. The molecule has 1 aliphatic carbocycles. The van der Waals surface area contributed by atoms with Crippen molar-refractivity contribution in [1.82, 2.24) is 0 Å². The molecule has 3 nitrogen and oxygen atoms in total. The van der Waals surface area contributed by atoms with Crippen LogP contribution < -0.4 is 0 Å². The van der Waals surface area contributed by atoms with Crippen molar-refractivity contribution in [3.05, 3.63) is 17.0 Å². The number of halogens is 1. The molecule has 0 heterocycles. The minimum absolute atomic E-state index is 0.203. The van der Waals surface area contributed by atoms with Crippen LogP contribution in [0.2, 0.25) is 0 Å². The average molecular weight is 434 g/mol. The maximum atomic E-state index is 10.8. The quantitative estimate of drug-likeness (QED) is 0.273. The third-order valence-corrected chi connectivity index (χ3v) is 3.53. The van der Waals surface area contributed by atoms with E-state index in [2.05, 4.69) is 27.7 Å². The summed E-state index contributed by atoms with van der Waals surface area (Å²) in [5, 5.41) is 10.8. The van der Waals surface area contributed by atoms with E-state index < -0.39 is 5.54 Å². The molecule has 0 aromatic rings. The molecule has 1 saturated carbocycles. The summed E-state index contributed by atoms with van der Waals surface area (Å²) in [6, 6.07) is 0. The van der Waals surface area contributed by atoms with Crippen LogP contribution in [-0.4, -0.2) is 10.5 Å². The fourth-order valence-electron chi connectivity index (χ4n) is 2.20. The van der Waals surface area contributed by atoms with Gasteiger partial charge in [0.2, 0.25) is 0 Å². The summed E-state index contributed by atoms with van der Waals surface area (Å²) >= 11 is 0.500. The number of rotatable bonds is 1. The van der Waals surface area contributed by atoms with Gasteiger partial charge in [0, 0.05) is 0 Å². The van der Waals surface area contributed by atoms with Gasteiger partial charge in [0.15, 0.2) is 0 Å². The van der Waals surface area contributed by atoms with Crippen molar-refractivity contribution in [2.75, 3.05) is 0 Å². The van der Waals surface area contributed by atoms with E-state index in [1.54, 1.807) is 0 Å². The topological polar surface area (TPSA) is 43.1 Å². The van der Waals surface area contributed by atoms with E-state index in [1.165, 1.54) is 0 Å². The number of hydrogen-bond donors (Lipinski definition) is 0. The zero-order valence-corrected chi connectivity index (χ0v) is 16.7. The fraction of sp³-hybridized carbons (Fsp3) is 0.909. The Morgan fingerprint density at radius 3 is 2.00 bits per heavy atom. The van der Waals surface area contributed by atoms with Gasteiger partial charge in [-0.2, -0.15) is 0 Å². The summed E-state index contributed by atoms with van der Waals surface area (Å²) in [4.78, 5) is 10.6. The molecule has 0 unspecified atom stereocenters. The molecule has 0 aliphatic heterocycles. The third kappa shape index (κ3) is 4.48. The summed E-state index contributed by atoms with van der Waals surface area (Å²) < 4.78 is 0. The number of nitrogens with zero attached hydrogens (tertiary/aromatic N) is 1. The van der Waals surface area contributed by atoms with Crippen molar-refractivity contribution >= 4 is 8.25 Å². The molecular formula is C11H20ClHgNO2. The average Bonchev–Trinajstić information content (AvgIpc) is 2.20. The van der Waals surface area contributed by atoms with E-state index in [0.29, 0.717) is 43.6 Å². The fourth-order valence-corrected chi connectivity index (χ4v) is 2.20. The Kier molecular flexibility index (Phi) is 6.78. The first kappa shape index (κ1) is 16.6. The van der Waals surface area contributed by atoms with Gasteiger partial charge < -0.3 is 0 Å². The molecule has 1 fully saturated rings. The van der Waals surface area contributed by atoms with E-state index in [-0.39, 0.29) is 10.3 Å². The van der Waals surface area contributed by atoms with Crippen LogP contribution in [0.15, 0.2) is 0 Å². The van der Waals surface area contributed by atoms with Crippen molar-refractivity contribution in [3.8, 4) is 0 Å². The van der Waals surface area contributed by atoms with Crippen molar-refractivity contribution in [2.45, 2.75) is 52.0 Å². The van der Waals surface area contributed by atoms with Gasteiger partial charge in [-0.3, -0.25) is 17.0 Å². The first-order chi connectivity index (χ1) is 7.26. The van der Waals surface area contributed by atoms with Gasteiger partial charge in [0.25, 0.3) is 0 Å². The normalized spacial score (nSPS) is 30.3. The predicted molar refractivity (Wildman–Crippen MR) is 62.3 cm³/mol. The summed E-state index contributed by atoms with van der Waals surface area (Å²) in [5.74, 6) is 0.609. The zero-order valence-electron chi connectivity index (χ0n) is 10.5. The SMILES string of the molecule is [CH2-]C1([N+](=O)[O-])CCC(C(C)(C)C)CC1.[Cl][Hg+]. The standard InChI is InChI=1S/C11H20NO2.ClH.Hg/c1-10(2,3)9-5-7-11(4,8-6-9)12(13)14;;/h9H,4-8H2,1-3H3;1H;/q-1;;+2/p-1. The summed E-state index contributed by atoms with van der Waals surface area (Å²) in [5.41, 5.74) is -0.625. The summed E-state index contributed by atoms with van der Waals surface area (Å²) in [6.07, 6.45) is 3.13. The molecule has 1 rings (SSSR count). The Morgan fingerprint density at radius 2 is 1.75 bits per heavy atom. The van der Waals surface area contributed by atoms with Gasteiger partial charge in [-0.15, -0.1) is 0 Å². The van der Waals surface area contributed by atoms with Crippen LogP contribution in [0.25, 0.3) is 0 Å². The molecule has 0 atom stereocenters. The summed E-state index contributed by atoms with van der Waals surface area (Å²) in [6.45, 7) is 10.4. The van der Waals surface area contributed by atoms with E-state index in [0.717, 1.165) is 12.8 Å². The maximum absolute atomic E-state index is 10.8. The van der Waals surface area contributed by atoms with Gasteiger partial charge >= 0.3 is 33.1 Å². The molecule has 1 aliphatic rings. The molecule has 0 aromatic carbocycles. The van der Waals surface area contributed by atoms with Crippen LogP contribution in [-0.2, 0) is 24.9 Å². The Bertz CT molecular complexity index is 233. The molecule has 90 valence electrons. The van der Waals surface area contributed by atoms with Crippen LogP contribution in [0.1, 0.15) is 46.5 Å². The molecule has 0 spiro atoms. The van der Waals surface area contributed by atoms with Crippen molar-refractivity contribution in [1.29, 1.82) is 0 Å². The van der Waals surface area contributed by atoms with Crippen LogP contribution >= 0.6 is 8.25 Å². The molecular weight excluding hydrogens is 414 g/mol. The van der Waals surface area contributed by atoms with E-state index in [4.69, 9.17) is 8.25 Å². The predicted octanol–water partition coefficient (Wildman–Crippen LogP) is 3.76. The van der Waals surface area contributed by atoms with Gasteiger partial charge in [-0.1, -0.05) is 20.8 Å². The molecule has 0 saturated heterocycles. The molecule has 0 N–H and O–H groups in total. The van der Waals surface area contributed by atoms with Crippen molar-refractivity contribution < 1.29 is 29.8 Å². The van der Waals surface area contributed by atoms with Crippen LogP contribution in [0, 0.1) is 28.4 Å². The third-order valence-electron chi connectivity index (χ3n) is 3.53. The molecule has 0 aromatic heterocycles. The van der Waals surface area contributed by atoms with Crippen molar-refractivity contribution in [3.63, 3.8) is 0 Å². The van der Waals surface area contributed by atoms with Crippen LogP contribution in [0.5, 0.6) is 0 Å². The first-order valence-corrected chi connectivity index (χ1v) is 12.3. The number of hydrogen-bond acceptors (Lipinski definition) is 2. The Morgan fingerprint density at radius 1 is 1.38 bits per heavy atom. The molecule has 0 radical (unpaired) electrons. The zero-order chi connectivity index (χ0) is 13.0. The summed E-state index contributed by atoms with van der Waals surface area (Å²) in [7, 11) is 4.83. The molecule has 0 bridgehead atoms. The van der Waals surface area contributed by atoms with Gasteiger partial charge in [0.1, 0.15) is 5.54 Å². The van der Waals surface area contributed by atoms with E-state index >= 15 is 0 Å². The molecule has 5 heteroatoms. The molecule has 16 heavy (non-hydrogen) atoms. The Balaban J connectivity index is 0.00000106.